The van der Waals surface area contributed by atoms with E-state index < -0.39 is 5.97 Å². The van der Waals surface area contributed by atoms with E-state index in [1.165, 1.54) is 22.5 Å². The molecule has 1 saturated heterocycles. The van der Waals surface area contributed by atoms with Crippen LogP contribution in [0.25, 0.3) is 5.65 Å². The minimum Gasteiger partial charge on any atom is -0.477 e. The minimum absolute atomic E-state index is 0.0245. The third kappa shape index (κ3) is 3.85. The van der Waals surface area contributed by atoms with Gasteiger partial charge >= 0.3 is 5.97 Å². The largest absolute Gasteiger partial charge is 0.477 e. The van der Waals surface area contributed by atoms with Crippen LogP contribution in [0.3, 0.4) is 0 Å². The summed E-state index contributed by atoms with van der Waals surface area (Å²) in [5.41, 5.74) is 2.55. The van der Waals surface area contributed by atoms with Crippen LogP contribution in [0.4, 0.5) is 11.5 Å². The van der Waals surface area contributed by atoms with Crippen molar-refractivity contribution < 1.29 is 14.7 Å². The SMILES string of the molecule is CN(c1cccnc1)c1c(C(=O)N2CCC(c3ccccc3)CC2)cnc2c(C(=O)O)cnn12. The van der Waals surface area contributed by atoms with Crippen molar-refractivity contribution in [3.8, 4) is 0 Å². The van der Waals surface area contributed by atoms with E-state index in [0.717, 1.165) is 18.5 Å². The molecular formula is C25H24N6O3. The number of rotatable bonds is 5. The molecule has 0 atom stereocenters. The number of aromatic carboxylic acids is 1. The maximum atomic E-state index is 13.7. The first-order valence-corrected chi connectivity index (χ1v) is 11.1. The van der Waals surface area contributed by atoms with Gasteiger partial charge in [-0.25, -0.2) is 9.78 Å². The third-order valence-corrected chi connectivity index (χ3v) is 6.37. The van der Waals surface area contributed by atoms with Crippen molar-refractivity contribution in [1.82, 2.24) is 24.5 Å². The lowest BCUT2D eigenvalue weighted by atomic mass is 9.89. The van der Waals surface area contributed by atoms with E-state index in [1.807, 2.05) is 29.2 Å². The smallest absolute Gasteiger partial charge is 0.341 e. The van der Waals surface area contributed by atoms with Gasteiger partial charge < -0.3 is 14.9 Å². The fourth-order valence-electron chi connectivity index (χ4n) is 4.53. The first kappa shape index (κ1) is 21.6. The van der Waals surface area contributed by atoms with Crippen LogP contribution in [0, 0.1) is 0 Å². The highest BCUT2D eigenvalue weighted by atomic mass is 16.4. The second-order valence-corrected chi connectivity index (χ2v) is 8.34. The molecule has 4 aromatic rings. The van der Waals surface area contributed by atoms with E-state index in [2.05, 4.69) is 27.2 Å². The zero-order chi connectivity index (χ0) is 23.7. The van der Waals surface area contributed by atoms with Crippen molar-refractivity contribution in [2.45, 2.75) is 18.8 Å². The summed E-state index contributed by atoms with van der Waals surface area (Å²) in [7, 11) is 1.80. The quantitative estimate of drug-likeness (QED) is 0.489. The molecule has 1 aliphatic rings. The fourth-order valence-corrected chi connectivity index (χ4v) is 4.53. The van der Waals surface area contributed by atoms with Crippen molar-refractivity contribution in [1.29, 1.82) is 0 Å². The van der Waals surface area contributed by atoms with E-state index in [4.69, 9.17) is 0 Å². The molecule has 9 nitrogen and oxygen atoms in total. The fraction of sp³-hybridized carbons (Fsp3) is 0.240. The Labute approximate surface area is 196 Å². The van der Waals surface area contributed by atoms with Gasteiger partial charge in [0.05, 0.1) is 18.1 Å². The van der Waals surface area contributed by atoms with Crippen molar-refractivity contribution in [2.75, 3.05) is 25.0 Å². The Balaban J connectivity index is 1.50. The molecule has 4 heterocycles. The number of carbonyl (C=O) groups excluding carboxylic acids is 1. The highest BCUT2D eigenvalue weighted by Gasteiger charge is 2.29. The number of benzene rings is 1. The molecule has 34 heavy (non-hydrogen) atoms. The molecule has 0 radical (unpaired) electrons. The number of fused-ring (bicyclic) bond motifs is 1. The first-order chi connectivity index (χ1) is 16.5. The third-order valence-electron chi connectivity index (χ3n) is 6.37. The Bertz CT molecular complexity index is 1330. The normalized spacial score (nSPS) is 14.3. The Hall–Kier alpha value is -4.27. The summed E-state index contributed by atoms with van der Waals surface area (Å²) in [6.45, 7) is 1.26. The molecule has 0 bridgehead atoms. The molecule has 172 valence electrons. The molecule has 0 saturated carbocycles. The van der Waals surface area contributed by atoms with Crippen LogP contribution in [0.15, 0.2) is 67.3 Å². The second kappa shape index (κ2) is 8.93. The number of carbonyl (C=O) groups is 2. The number of carboxylic acid groups (broad SMARTS) is 1. The summed E-state index contributed by atoms with van der Waals surface area (Å²) in [6.07, 6.45) is 7.81. The number of pyridine rings is 1. The van der Waals surface area contributed by atoms with Crippen LogP contribution in [-0.2, 0) is 0 Å². The van der Waals surface area contributed by atoms with E-state index in [0.29, 0.717) is 30.4 Å². The molecule has 1 amide bonds. The Kier molecular flexibility index (Phi) is 5.67. The van der Waals surface area contributed by atoms with Crippen LogP contribution in [0.2, 0.25) is 0 Å². The zero-order valence-electron chi connectivity index (χ0n) is 18.7. The lowest BCUT2D eigenvalue weighted by Gasteiger charge is -2.33. The molecule has 0 aliphatic carbocycles. The van der Waals surface area contributed by atoms with Crippen LogP contribution in [0.5, 0.6) is 0 Å². The molecule has 9 heteroatoms. The van der Waals surface area contributed by atoms with Gasteiger partial charge in [-0.2, -0.15) is 9.61 Å². The lowest BCUT2D eigenvalue weighted by Crippen LogP contribution is -2.39. The number of aromatic nitrogens is 4. The number of nitrogens with zero attached hydrogens (tertiary/aromatic N) is 6. The van der Waals surface area contributed by atoms with Gasteiger partial charge in [0.2, 0.25) is 0 Å². The average Bonchev–Trinajstić information content (AvgIpc) is 3.33. The molecule has 0 unspecified atom stereocenters. The summed E-state index contributed by atoms with van der Waals surface area (Å²) < 4.78 is 1.42. The van der Waals surface area contributed by atoms with E-state index in [-0.39, 0.29) is 17.1 Å². The van der Waals surface area contributed by atoms with Gasteiger partial charge in [-0.15, -0.1) is 0 Å². The van der Waals surface area contributed by atoms with Gasteiger partial charge in [-0.05, 0) is 36.5 Å². The Morgan fingerprint density at radius 1 is 1.00 bits per heavy atom. The number of hydrogen-bond acceptors (Lipinski definition) is 6. The van der Waals surface area contributed by atoms with E-state index >= 15 is 0 Å². The zero-order valence-corrected chi connectivity index (χ0v) is 18.7. The van der Waals surface area contributed by atoms with Crippen molar-refractivity contribution >= 4 is 29.0 Å². The highest BCUT2D eigenvalue weighted by Crippen LogP contribution is 2.32. The summed E-state index contributed by atoms with van der Waals surface area (Å²) in [5.74, 6) is -0.410. The monoisotopic (exact) mass is 456 g/mol. The number of piperidine rings is 1. The Morgan fingerprint density at radius 3 is 2.44 bits per heavy atom. The van der Waals surface area contributed by atoms with Crippen LogP contribution >= 0.6 is 0 Å². The number of likely N-dealkylation sites (tertiary alicyclic amines) is 1. The average molecular weight is 457 g/mol. The summed E-state index contributed by atoms with van der Waals surface area (Å²) in [6, 6.07) is 14.0. The molecule has 0 spiro atoms. The van der Waals surface area contributed by atoms with Crippen molar-refractivity contribution in [3.05, 3.63) is 83.9 Å². The molecular weight excluding hydrogens is 432 g/mol. The number of carboxylic acids is 1. The van der Waals surface area contributed by atoms with Gasteiger partial charge in [-0.3, -0.25) is 9.78 Å². The number of amides is 1. The predicted octanol–water partition coefficient (Wildman–Crippen LogP) is 3.61. The summed E-state index contributed by atoms with van der Waals surface area (Å²) in [4.78, 5) is 37.4. The highest BCUT2D eigenvalue weighted by molar-refractivity contribution is 6.01. The first-order valence-electron chi connectivity index (χ1n) is 11.1. The van der Waals surface area contributed by atoms with E-state index in [1.54, 1.807) is 30.4 Å². The maximum absolute atomic E-state index is 13.7. The van der Waals surface area contributed by atoms with Gasteiger partial charge in [0.15, 0.2) is 11.5 Å². The van der Waals surface area contributed by atoms with Crippen LogP contribution in [0.1, 0.15) is 45.0 Å². The van der Waals surface area contributed by atoms with Gasteiger partial charge in [0, 0.05) is 32.5 Å². The number of anilines is 2. The standard InChI is InChI=1S/C25H24N6O3/c1-29(19-8-5-11-26-14-19)23-21(15-27-22-20(25(33)34)16-28-31(22)23)24(32)30-12-9-18(10-13-30)17-6-3-2-4-7-17/h2-8,11,14-16,18H,9-10,12-13H2,1H3,(H,33,34). The van der Waals surface area contributed by atoms with Gasteiger partial charge in [0.1, 0.15) is 11.1 Å². The Morgan fingerprint density at radius 2 is 1.76 bits per heavy atom. The molecule has 1 fully saturated rings. The molecule has 1 aliphatic heterocycles. The predicted molar refractivity (Wildman–Crippen MR) is 127 cm³/mol. The van der Waals surface area contributed by atoms with Crippen LogP contribution < -0.4 is 4.90 Å². The second-order valence-electron chi connectivity index (χ2n) is 8.34. The minimum atomic E-state index is -1.13. The lowest BCUT2D eigenvalue weighted by molar-refractivity contribution is 0.0695. The molecule has 1 aromatic carbocycles. The van der Waals surface area contributed by atoms with Crippen LogP contribution in [-0.4, -0.2) is 61.6 Å². The molecule has 5 rings (SSSR count). The molecule has 3 aromatic heterocycles. The van der Waals surface area contributed by atoms with Gasteiger partial charge in [0.25, 0.3) is 5.91 Å². The van der Waals surface area contributed by atoms with Crippen molar-refractivity contribution in [2.24, 2.45) is 0 Å². The van der Waals surface area contributed by atoms with Gasteiger partial charge in [-0.1, -0.05) is 30.3 Å². The summed E-state index contributed by atoms with van der Waals surface area (Å²) in [5, 5.41) is 13.8. The van der Waals surface area contributed by atoms with Crippen molar-refractivity contribution in [3.63, 3.8) is 0 Å². The summed E-state index contributed by atoms with van der Waals surface area (Å²) >= 11 is 0. The van der Waals surface area contributed by atoms with E-state index in [9.17, 15) is 14.7 Å². The number of hydrogen-bond donors (Lipinski definition) is 1. The maximum Gasteiger partial charge on any atom is 0.341 e. The topological polar surface area (TPSA) is 104 Å². The molecule has 1 N–H and O–H groups in total.